The molecule has 0 bridgehead atoms. The van der Waals surface area contributed by atoms with Crippen LogP contribution in [0.25, 0.3) is 88.5 Å². The van der Waals surface area contributed by atoms with E-state index >= 15 is 0 Å². The minimum atomic E-state index is 0.686. The molecule has 0 unspecified atom stereocenters. The van der Waals surface area contributed by atoms with Gasteiger partial charge in [-0.3, -0.25) is 4.57 Å². The first-order chi connectivity index (χ1) is 24.3. The molecule has 1 aliphatic rings. The molecule has 10 aromatic rings. The van der Waals surface area contributed by atoms with Gasteiger partial charge in [0.1, 0.15) is 0 Å². The van der Waals surface area contributed by atoms with Crippen LogP contribution in [0.15, 0.2) is 168 Å². The molecule has 4 nitrogen and oxygen atoms in total. The van der Waals surface area contributed by atoms with Crippen LogP contribution in [0.4, 0.5) is 0 Å². The first-order valence-corrected chi connectivity index (χ1v) is 17.3. The molecule has 3 aromatic heterocycles. The molecule has 11 rings (SSSR count). The number of hydrogen-bond acceptors (Lipinski definition) is 3. The first-order valence-electron chi connectivity index (χ1n) is 16.5. The lowest BCUT2D eigenvalue weighted by Crippen LogP contribution is -2.05. The lowest BCUT2D eigenvalue weighted by molar-refractivity contribution is 1.01. The van der Waals surface area contributed by atoms with E-state index in [1.54, 1.807) is 11.8 Å². The quantitative estimate of drug-likeness (QED) is 0.192. The van der Waals surface area contributed by atoms with Gasteiger partial charge < -0.3 is 4.57 Å². The van der Waals surface area contributed by atoms with Crippen molar-refractivity contribution in [2.75, 3.05) is 0 Å². The van der Waals surface area contributed by atoms with Crippen molar-refractivity contribution >= 4 is 66.3 Å². The fourth-order valence-corrected chi connectivity index (χ4v) is 8.97. The van der Waals surface area contributed by atoms with Gasteiger partial charge in [0.15, 0.2) is 0 Å². The Kier molecular flexibility index (Phi) is 5.57. The van der Waals surface area contributed by atoms with Crippen molar-refractivity contribution in [3.63, 3.8) is 0 Å². The monoisotopic (exact) mass is 642 g/mol. The minimum absolute atomic E-state index is 0.686. The van der Waals surface area contributed by atoms with Crippen molar-refractivity contribution in [3.05, 3.63) is 158 Å². The Hall–Kier alpha value is -6.17. The molecule has 0 spiro atoms. The molecule has 5 heteroatoms. The predicted molar refractivity (Wildman–Crippen MR) is 203 cm³/mol. The summed E-state index contributed by atoms with van der Waals surface area (Å²) in [7, 11) is 0. The summed E-state index contributed by atoms with van der Waals surface area (Å²) in [4.78, 5) is 13.0. The van der Waals surface area contributed by atoms with Crippen molar-refractivity contribution < 1.29 is 0 Å². The Labute approximate surface area is 285 Å². The predicted octanol–water partition coefficient (Wildman–Crippen LogP) is 11.6. The third kappa shape index (κ3) is 3.82. The van der Waals surface area contributed by atoms with Crippen molar-refractivity contribution in [2.24, 2.45) is 0 Å². The van der Waals surface area contributed by atoms with E-state index in [1.165, 1.54) is 53.5 Å². The molecule has 0 radical (unpaired) electrons. The van der Waals surface area contributed by atoms with Crippen molar-refractivity contribution in [1.29, 1.82) is 0 Å². The Morgan fingerprint density at radius 2 is 1.10 bits per heavy atom. The van der Waals surface area contributed by atoms with Crippen LogP contribution in [-0.4, -0.2) is 19.1 Å². The summed E-state index contributed by atoms with van der Waals surface area (Å²) in [5.41, 5.74) is 11.2. The number of fused-ring (bicyclic) bond motifs is 8. The highest BCUT2D eigenvalue weighted by Gasteiger charge is 2.24. The number of para-hydroxylation sites is 3. The second kappa shape index (κ2) is 10.2. The van der Waals surface area contributed by atoms with Gasteiger partial charge in [0.25, 0.3) is 0 Å². The fraction of sp³-hybridized carbons (Fsp3) is 0. The van der Waals surface area contributed by atoms with Crippen molar-refractivity contribution in [2.45, 2.75) is 9.79 Å². The molecule has 0 saturated heterocycles. The van der Waals surface area contributed by atoms with E-state index in [-0.39, 0.29) is 0 Å². The van der Waals surface area contributed by atoms with Gasteiger partial charge in [-0.1, -0.05) is 109 Å². The molecule has 0 atom stereocenters. The molecule has 0 fully saturated rings. The van der Waals surface area contributed by atoms with E-state index in [0.717, 1.165) is 38.9 Å². The summed E-state index contributed by atoms with van der Waals surface area (Å²) in [6, 6.07) is 56.5. The van der Waals surface area contributed by atoms with Crippen LogP contribution in [0, 0.1) is 0 Å². The SMILES string of the molecule is c1ccc(-n2c3ccccc3c3cc(-c4cccc5c4c4ccccc4n5-c4nc5c6c(cccc6n4)Sc4ccccc4-5)ccc32)cc1. The van der Waals surface area contributed by atoms with Gasteiger partial charge in [-0.15, -0.1) is 0 Å². The average molecular weight is 643 g/mol. The molecular weight excluding hydrogens is 617 g/mol. The van der Waals surface area contributed by atoms with E-state index in [0.29, 0.717) is 5.95 Å². The van der Waals surface area contributed by atoms with Crippen LogP contribution in [0.1, 0.15) is 0 Å². The zero-order chi connectivity index (χ0) is 32.1. The molecule has 0 saturated carbocycles. The second-order valence-electron chi connectivity index (χ2n) is 12.6. The van der Waals surface area contributed by atoms with Crippen LogP contribution in [0.5, 0.6) is 0 Å². The van der Waals surface area contributed by atoms with Gasteiger partial charge in [-0.05, 0) is 71.8 Å². The summed E-state index contributed by atoms with van der Waals surface area (Å²) >= 11 is 1.80. The highest BCUT2D eigenvalue weighted by atomic mass is 32.2. The maximum atomic E-state index is 5.36. The summed E-state index contributed by atoms with van der Waals surface area (Å²) in [6.07, 6.45) is 0. The lowest BCUT2D eigenvalue weighted by atomic mass is 9.98. The van der Waals surface area contributed by atoms with Crippen LogP contribution >= 0.6 is 11.8 Å². The van der Waals surface area contributed by atoms with Crippen molar-refractivity contribution in [3.8, 4) is 34.0 Å². The Morgan fingerprint density at radius 3 is 2.00 bits per heavy atom. The normalized spacial score (nSPS) is 12.4. The number of benzene rings is 7. The minimum Gasteiger partial charge on any atom is -0.309 e. The summed E-state index contributed by atoms with van der Waals surface area (Å²) in [6.45, 7) is 0. The molecule has 4 heterocycles. The van der Waals surface area contributed by atoms with Gasteiger partial charge in [0.05, 0.1) is 33.3 Å². The molecular formula is C44H26N4S. The third-order valence-electron chi connectivity index (χ3n) is 9.93. The van der Waals surface area contributed by atoms with Crippen molar-refractivity contribution in [1.82, 2.24) is 19.1 Å². The van der Waals surface area contributed by atoms with Gasteiger partial charge in [0, 0.05) is 48.0 Å². The highest BCUT2D eigenvalue weighted by molar-refractivity contribution is 7.99. The zero-order valence-electron chi connectivity index (χ0n) is 26.2. The molecule has 0 amide bonds. The van der Waals surface area contributed by atoms with Gasteiger partial charge >= 0.3 is 0 Å². The Bertz CT molecular complexity index is 2970. The molecule has 228 valence electrons. The molecule has 49 heavy (non-hydrogen) atoms. The van der Waals surface area contributed by atoms with E-state index in [4.69, 9.17) is 9.97 Å². The van der Waals surface area contributed by atoms with E-state index in [2.05, 4.69) is 167 Å². The van der Waals surface area contributed by atoms with Gasteiger partial charge in [0.2, 0.25) is 5.95 Å². The van der Waals surface area contributed by atoms with Crippen LogP contribution in [0.3, 0.4) is 0 Å². The molecule has 0 aliphatic carbocycles. The summed E-state index contributed by atoms with van der Waals surface area (Å²) in [5.74, 6) is 0.686. The average Bonchev–Trinajstić information content (AvgIpc) is 3.68. The standard InChI is InChI=1S/C44H26N4S/c1-2-12-28(13-3-1)47-35-19-7-4-14-30(35)33-26-27(24-25-37(33)47)29-17-10-21-38-41(29)31-15-5-8-20-36(31)48(38)44-45-34-18-11-23-40-42(34)43(46-44)32-16-6-9-22-39(32)49-40/h1-26H. The topological polar surface area (TPSA) is 35.6 Å². The molecule has 7 aromatic carbocycles. The van der Waals surface area contributed by atoms with E-state index in [1.807, 2.05) is 0 Å². The Balaban J connectivity index is 1.18. The Morgan fingerprint density at radius 1 is 0.429 bits per heavy atom. The van der Waals surface area contributed by atoms with Gasteiger partial charge in [-0.2, -0.15) is 0 Å². The largest absolute Gasteiger partial charge is 0.309 e. The fourth-order valence-electron chi connectivity index (χ4n) is 7.86. The first kappa shape index (κ1) is 26.9. The van der Waals surface area contributed by atoms with Crippen LogP contribution < -0.4 is 0 Å². The van der Waals surface area contributed by atoms with E-state index in [9.17, 15) is 0 Å². The zero-order valence-corrected chi connectivity index (χ0v) is 27.0. The third-order valence-corrected chi connectivity index (χ3v) is 11.1. The van der Waals surface area contributed by atoms with Gasteiger partial charge in [-0.25, -0.2) is 9.97 Å². The maximum Gasteiger partial charge on any atom is 0.235 e. The molecule has 1 aliphatic heterocycles. The van der Waals surface area contributed by atoms with E-state index < -0.39 is 0 Å². The maximum absolute atomic E-state index is 5.36. The van der Waals surface area contributed by atoms with Crippen LogP contribution in [-0.2, 0) is 0 Å². The number of aromatic nitrogens is 4. The van der Waals surface area contributed by atoms with Crippen LogP contribution in [0.2, 0.25) is 0 Å². The molecule has 0 N–H and O–H groups in total. The summed E-state index contributed by atoms with van der Waals surface area (Å²) in [5, 5.41) is 5.99. The number of hydrogen-bond donors (Lipinski definition) is 0. The highest BCUT2D eigenvalue weighted by Crippen LogP contribution is 2.47. The smallest absolute Gasteiger partial charge is 0.235 e. The lowest BCUT2D eigenvalue weighted by Gasteiger charge is -2.20. The summed E-state index contributed by atoms with van der Waals surface area (Å²) < 4.78 is 4.62. The number of rotatable bonds is 3. The number of nitrogens with zero attached hydrogens (tertiary/aromatic N) is 4. The second-order valence-corrected chi connectivity index (χ2v) is 13.7.